The molecule has 2 aromatic carbocycles. The van der Waals surface area contributed by atoms with Gasteiger partial charge in [-0.2, -0.15) is 0 Å². The van der Waals surface area contributed by atoms with Gasteiger partial charge in [0.2, 0.25) is 0 Å². The lowest BCUT2D eigenvalue weighted by molar-refractivity contribution is -0.276. The minimum atomic E-state index is -0.550. The lowest BCUT2D eigenvalue weighted by Gasteiger charge is -2.56. The lowest BCUT2D eigenvalue weighted by atomic mass is 9.53. The number of nitrogens with zero attached hydrogens (tertiary/aromatic N) is 2. The van der Waals surface area contributed by atoms with Crippen LogP contribution in [0, 0.1) is 23.7 Å². The number of carbonyl (C=O) groups excluding carboxylic acids is 1. The largest absolute Gasteiger partial charge is 0.392 e. The van der Waals surface area contributed by atoms with Crippen molar-refractivity contribution in [2.45, 2.75) is 108 Å². The summed E-state index contributed by atoms with van der Waals surface area (Å²) >= 11 is 0. The van der Waals surface area contributed by atoms with E-state index in [2.05, 4.69) is 45.6 Å². The summed E-state index contributed by atoms with van der Waals surface area (Å²) in [5.74, 6) is 2.49. The van der Waals surface area contributed by atoms with Crippen molar-refractivity contribution < 1.29 is 19.4 Å². The molecule has 8 heteroatoms. The number of aliphatic hydroxyl groups is 1. The number of nitrogens with one attached hydrogen (secondary N) is 2. The molecule has 3 heterocycles. The van der Waals surface area contributed by atoms with Crippen LogP contribution in [0.5, 0.6) is 0 Å². The fourth-order valence-electron chi connectivity index (χ4n) is 10.6. The van der Waals surface area contributed by atoms with Gasteiger partial charge >= 0.3 is 6.03 Å². The van der Waals surface area contributed by atoms with Gasteiger partial charge in [0.25, 0.3) is 0 Å². The van der Waals surface area contributed by atoms with Crippen LogP contribution in [0.2, 0.25) is 0 Å². The van der Waals surface area contributed by atoms with Crippen molar-refractivity contribution in [1.82, 2.24) is 15.1 Å². The molecule has 3 aliphatic heterocycles. The number of amides is 2. The molecule has 4 bridgehead atoms. The van der Waals surface area contributed by atoms with Crippen LogP contribution in [0.4, 0.5) is 10.5 Å². The minimum Gasteiger partial charge on any atom is -0.392 e. The second-order valence-electron chi connectivity index (χ2n) is 16.0. The Labute approximate surface area is 280 Å². The summed E-state index contributed by atoms with van der Waals surface area (Å²) in [6, 6.07) is 16.7. The monoisotopic (exact) mass is 642 g/mol. The molecule has 3 N–H and O–H groups in total. The Morgan fingerprint density at radius 1 is 0.894 bits per heavy atom. The molecule has 0 aromatic heterocycles. The fourth-order valence-corrected chi connectivity index (χ4v) is 10.6. The van der Waals surface area contributed by atoms with Crippen molar-refractivity contribution in [3.63, 3.8) is 0 Å². The van der Waals surface area contributed by atoms with Crippen LogP contribution in [0.1, 0.15) is 100 Å². The van der Waals surface area contributed by atoms with Crippen molar-refractivity contribution in [1.29, 1.82) is 0 Å². The topological polar surface area (TPSA) is 86.3 Å². The van der Waals surface area contributed by atoms with E-state index >= 15 is 0 Å². The number of hydrogen-bond acceptors (Lipinski definition) is 6. The van der Waals surface area contributed by atoms with Crippen molar-refractivity contribution in [3.8, 4) is 0 Å². The maximum Gasteiger partial charge on any atom is 0.319 e. The van der Waals surface area contributed by atoms with Crippen LogP contribution in [0.15, 0.2) is 48.5 Å². The van der Waals surface area contributed by atoms with Crippen LogP contribution >= 0.6 is 0 Å². The molecule has 47 heavy (non-hydrogen) atoms. The first-order chi connectivity index (χ1) is 22.9. The lowest BCUT2D eigenvalue weighted by Crippen LogP contribution is -2.60. The Balaban J connectivity index is 0.987. The SMILES string of the molecule is C[C@H]1[C@@H](CN2CCC[C@H]2CN2CCCC2)O[C@@H](c2cccc(NC(=O)NC34CC5CC(CC(C5)C3)C4)c2)O[C@H]1c1ccc(CO)cc1. The molecule has 254 valence electrons. The smallest absolute Gasteiger partial charge is 0.319 e. The molecule has 4 saturated carbocycles. The highest BCUT2D eigenvalue weighted by Gasteiger charge is 2.51. The molecule has 2 amide bonds. The van der Waals surface area contributed by atoms with Crippen molar-refractivity contribution in [3.05, 3.63) is 65.2 Å². The summed E-state index contributed by atoms with van der Waals surface area (Å²) in [6.45, 7) is 7.90. The maximum absolute atomic E-state index is 13.4. The summed E-state index contributed by atoms with van der Waals surface area (Å²) in [6.07, 6.45) is 11.9. The number of carbonyl (C=O) groups is 1. The maximum atomic E-state index is 13.4. The van der Waals surface area contributed by atoms with Gasteiger partial charge in [0, 0.05) is 41.8 Å². The average Bonchev–Trinajstić information content (AvgIpc) is 3.74. The van der Waals surface area contributed by atoms with Gasteiger partial charge in [0.15, 0.2) is 6.29 Å². The highest BCUT2D eigenvalue weighted by molar-refractivity contribution is 5.90. The quantitative estimate of drug-likeness (QED) is 0.285. The molecule has 7 aliphatic rings. The van der Waals surface area contributed by atoms with Crippen molar-refractivity contribution >= 4 is 11.7 Å². The third kappa shape index (κ3) is 6.86. The number of anilines is 1. The second-order valence-corrected chi connectivity index (χ2v) is 16.0. The molecule has 7 fully saturated rings. The predicted molar refractivity (Wildman–Crippen MR) is 183 cm³/mol. The van der Waals surface area contributed by atoms with Gasteiger partial charge in [-0.15, -0.1) is 0 Å². The van der Waals surface area contributed by atoms with E-state index in [1.807, 2.05) is 30.3 Å². The summed E-state index contributed by atoms with van der Waals surface area (Å²) in [7, 11) is 0. The molecule has 0 radical (unpaired) electrons. The van der Waals surface area contributed by atoms with Crippen LogP contribution in [0.25, 0.3) is 0 Å². The van der Waals surface area contributed by atoms with E-state index in [0.29, 0.717) is 6.04 Å². The number of likely N-dealkylation sites (tertiary alicyclic amines) is 2. The number of ether oxygens (including phenoxy) is 2. The van der Waals surface area contributed by atoms with Crippen LogP contribution in [0.3, 0.4) is 0 Å². The molecule has 4 aliphatic carbocycles. The molecule has 8 nitrogen and oxygen atoms in total. The molecule has 0 unspecified atom stereocenters. The third-order valence-corrected chi connectivity index (χ3v) is 12.5. The Morgan fingerprint density at radius 2 is 1.62 bits per heavy atom. The highest BCUT2D eigenvalue weighted by Crippen LogP contribution is 2.55. The van der Waals surface area contributed by atoms with E-state index < -0.39 is 6.29 Å². The minimum absolute atomic E-state index is 0.00792. The van der Waals surface area contributed by atoms with Crippen LogP contribution < -0.4 is 10.6 Å². The van der Waals surface area contributed by atoms with Gasteiger partial charge in [0.1, 0.15) is 0 Å². The van der Waals surface area contributed by atoms with Crippen LogP contribution in [-0.4, -0.2) is 71.3 Å². The normalized spacial score (nSPS) is 37.0. The highest BCUT2D eigenvalue weighted by atomic mass is 16.7. The first kappa shape index (κ1) is 31.8. The Bertz CT molecular complexity index is 1360. The van der Waals surface area contributed by atoms with E-state index in [1.54, 1.807) is 0 Å². The average molecular weight is 643 g/mol. The molecule has 0 spiro atoms. The summed E-state index contributed by atoms with van der Waals surface area (Å²) in [5, 5.41) is 16.3. The molecule has 9 rings (SSSR count). The predicted octanol–water partition coefficient (Wildman–Crippen LogP) is 6.62. The van der Waals surface area contributed by atoms with Gasteiger partial charge in [-0.05, 0) is 125 Å². The molecule has 2 aromatic rings. The van der Waals surface area contributed by atoms with E-state index in [-0.39, 0.29) is 36.3 Å². The standard InChI is InChI=1S/C39H54N4O4/c1-26-35(24-43-15-5-8-34(43)23-42-13-2-3-14-42)46-37(47-36(26)31-11-9-27(25-44)10-12-31)32-6-4-7-33(19-32)40-38(45)41-39-20-28-16-29(21-39)18-30(17-28)22-39/h4,6-7,9-12,19,26,28-30,34-37,44H,2-3,5,8,13-18,20-25H2,1H3,(H2,40,41,45)/t26-,28?,29?,30?,34-,35+,36+,37+,39?/m0/s1. The van der Waals surface area contributed by atoms with E-state index in [4.69, 9.17) is 9.47 Å². The van der Waals surface area contributed by atoms with Gasteiger partial charge in [-0.3, -0.25) is 4.90 Å². The molecular formula is C39H54N4O4. The van der Waals surface area contributed by atoms with Gasteiger partial charge in [-0.1, -0.05) is 43.3 Å². The zero-order valence-electron chi connectivity index (χ0n) is 28.1. The van der Waals surface area contributed by atoms with Gasteiger partial charge < -0.3 is 30.1 Å². The van der Waals surface area contributed by atoms with Crippen molar-refractivity contribution in [2.24, 2.45) is 23.7 Å². The number of rotatable bonds is 9. The zero-order valence-corrected chi connectivity index (χ0v) is 28.1. The zero-order chi connectivity index (χ0) is 32.0. The van der Waals surface area contributed by atoms with E-state index in [1.165, 1.54) is 58.0 Å². The number of urea groups is 1. The van der Waals surface area contributed by atoms with Gasteiger partial charge in [-0.25, -0.2) is 4.79 Å². The molecular weight excluding hydrogens is 588 g/mol. The van der Waals surface area contributed by atoms with Crippen LogP contribution in [-0.2, 0) is 16.1 Å². The molecule has 3 saturated heterocycles. The summed E-state index contributed by atoms with van der Waals surface area (Å²) in [4.78, 5) is 18.7. The second kappa shape index (κ2) is 13.4. The number of hydrogen-bond donors (Lipinski definition) is 3. The first-order valence-corrected chi connectivity index (χ1v) is 18.6. The van der Waals surface area contributed by atoms with E-state index in [9.17, 15) is 9.90 Å². The summed E-state index contributed by atoms with van der Waals surface area (Å²) in [5.41, 5.74) is 3.65. The Kier molecular flexibility index (Phi) is 9.08. The number of benzene rings is 2. The molecule has 5 atom stereocenters. The number of aliphatic hydroxyl groups excluding tert-OH is 1. The first-order valence-electron chi connectivity index (χ1n) is 18.6. The summed E-state index contributed by atoms with van der Waals surface area (Å²) < 4.78 is 13.7. The fraction of sp³-hybridized carbons (Fsp3) is 0.667. The third-order valence-electron chi connectivity index (χ3n) is 12.5. The van der Waals surface area contributed by atoms with Gasteiger partial charge in [0.05, 0.1) is 18.8 Å². The van der Waals surface area contributed by atoms with Crippen molar-refractivity contribution in [2.75, 3.05) is 38.0 Å². The Morgan fingerprint density at radius 3 is 2.32 bits per heavy atom. The Hall–Kier alpha value is -2.49. The van der Waals surface area contributed by atoms with E-state index in [0.717, 1.165) is 79.0 Å².